The van der Waals surface area contributed by atoms with Crippen molar-refractivity contribution in [2.45, 2.75) is 37.5 Å². The van der Waals surface area contributed by atoms with Crippen molar-refractivity contribution in [3.63, 3.8) is 0 Å². The zero-order valence-electron chi connectivity index (χ0n) is 11.5. The number of fused-ring (bicyclic) bond motifs is 5. The van der Waals surface area contributed by atoms with Crippen LogP contribution in [0.2, 0.25) is 0 Å². The van der Waals surface area contributed by atoms with Gasteiger partial charge in [0.1, 0.15) is 4.99 Å². The number of nitrogens with zero attached hydrogens (tertiary/aromatic N) is 2. The molecule has 0 spiro atoms. The number of carbonyl (C=O) groups is 1. The summed E-state index contributed by atoms with van der Waals surface area (Å²) in [5.41, 5.74) is -0.561. The highest BCUT2D eigenvalue weighted by atomic mass is 32.1. The lowest BCUT2D eigenvalue weighted by Crippen LogP contribution is -2.40. The van der Waals surface area contributed by atoms with Crippen molar-refractivity contribution in [3.05, 3.63) is 29.8 Å². The second kappa shape index (κ2) is 4.44. The lowest BCUT2D eigenvalue weighted by Gasteiger charge is -2.26. The number of hydrogen-bond donors (Lipinski definition) is 0. The number of rotatable bonds is 1. The van der Waals surface area contributed by atoms with Gasteiger partial charge in [-0.25, -0.2) is 4.79 Å². The van der Waals surface area contributed by atoms with Crippen LogP contribution in [0.1, 0.15) is 24.8 Å². The van der Waals surface area contributed by atoms with Crippen LogP contribution in [0.3, 0.4) is 0 Å². The van der Waals surface area contributed by atoms with Crippen LogP contribution in [0.25, 0.3) is 0 Å². The van der Waals surface area contributed by atoms with Crippen molar-refractivity contribution in [3.8, 4) is 0 Å². The van der Waals surface area contributed by atoms with Crippen molar-refractivity contribution in [2.75, 3.05) is 4.90 Å². The van der Waals surface area contributed by atoms with Crippen molar-refractivity contribution in [2.24, 2.45) is 5.92 Å². The second-order valence-corrected chi connectivity index (χ2v) is 6.50. The third-order valence-electron chi connectivity index (χ3n) is 4.90. The number of thiocarbonyl (C=S) groups is 1. The second-order valence-electron chi connectivity index (χ2n) is 6.08. The van der Waals surface area contributed by atoms with Gasteiger partial charge in [0, 0.05) is 6.04 Å². The van der Waals surface area contributed by atoms with Crippen LogP contribution in [-0.2, 0) is 6.18 Å². The molecule has 1 saturated carbocycles. The van der Waals surface area contributed by atoms with Crippen LogP contribution in [0.4, 0.5) is 23.7 Å². The average Bonchev–Trinajstić information content (AvgIpc) is 3.12. The molecule has 3 nitrogen and oxygen atoms in total. The molecular formula is C15H13F3N2OS. The van der Waals surface area contributed by atoms with E-state index in [4.69, 9.17) is 12.2 Å². The summed E-state index contributed by atoms with van der Waals surface area (Å²) in [4.78, 5) is 16.1. The fourth-order valence-electron chi connectivity index (χ4n) is 3.98. The fourth-order valence-corrected chi connectivity index (χ4v) is 4.47. The number of anilines is 1. The molecule has 0 aromatic heterocycles. The number of hydrogen-bond acceptors (Lipinski definition) is 2. The molecule has 3 fully saturated rings. The molecule has 2 saturated heterocycles. The number of piperidine rings is 1. The minimum atomic E-state index is -4.43. The van der Waals surface area contributed by atoms with E-state index in [2.05, 4.69) is 0 Å². The Morgan fingerprint density at radius 1 is 1.23 bits per heavy atom. The third kappa shape index (κ3) is 1.81. The van der Waals surface area contributed by atoms with Crippen LogP contribution >= 0.6 is 12.2 Å². The Labute approximate surface area is 130 Å². The molecule has 2 aliphatic heterocycles. The van der Waals surface area contributed by atoms with E-state index < -0.39 is 11.7 Å². The predicted octanol–water partition coefficient (Wildman–Crippen LogP) is 3.83. The van der Waals surface area contributed by atoms with E-state index in [0.717, 1.165) is 31.4 Å². The van der Waals surface area contributed by atoms with E-state index in [0.29, 0.717) is 10.9 Å². The van der Waals surface area contributed by atoms with Crippen LogP contribution in [0.5, 0.6) is 0 Å². The van der Waals surface area contributed by atoms with Gasteiger partial charge in [0.2, 0.25) is 0 Å². The molecule has 2 heterocycles. The Balaban J connectivity index is 1.72. The Kier molecular flexibility index (Phi) is 2.82. The summed E-state index contributed by atoms with van der Waals surface area (Å²) in [6.07, 6.45) is -1.47. The maximum atomic E-state index is 12.9. The van der Waals surface area contributed by atoms with Gasteiger partial charge in [0.25, 0.3) is 0 Å². The lowest BCUT2D eigenvalue weighted by atomic mass is 10.00. The Morgan fingerprint density at radius 2 is 2.00 bits per heavy atom. The van der Waals surface area contributed by atoms with Gasteiger partial charge >= 0.3 is 12.2 Å². The number of benzene rings is 1. The zero-order valence-corrected chi connectivity index (χ0v) is 12.3. The summed E-state index contributed by atoms with van der Waals surface area (Å²) in [6, 6.07) is 4.61. The quantitative estimate of drug-likeness (QED) is 0.733. The van der Waals surface area contributed by atoms with Gasteiger partial charge in [0.05, 0.1) is 17.3 Å². The summed E-state index contributed by atoms with van der Waals surface area (Å²) in [5, 5.41) is 0. The van der Waals surface area contributed by atoms with Gasteiger partial charge in [0.15, 0.2) is 0 Å². The molecule has 1 aromatic rings. The largest absolute Gasteiger partial charge is 0.416 e. The Bertz CT molecular complexity index is 647. The number of amides is 2. The van der Waals surface area contributed by atoms with E-state index in [-0.39, 0.29) is 23.8 Å². The highest BCUT2D eigenvalue weighted by molar-refractivity contribution is 7.80. The topological polar surface area (TPSA) is 23.6 Å². The molecular weight excluding hydrogens is 313 g/mol. The first kappa shape index (κ1) is 14.0. The normalized spacial score (nSPS) is 30.4. The van der Waals surface area contributed by atoms with Crippen LogP contribution in [0.15, 0.2) is 24.3 Å². The van der Waals surface area contributed by atoms with E-state index in [1.807, 2.05) is 0 Å². The van der Waals surface area contributed by atoms with Crippen LogP contribution < -0.4 is 4.90 Å². The van der Waals surface area contributed by atoms with Crippen LogP contribution in [0, 0.1) is 5.92 Å². The number of halogens is 3. The molecule has 1 aromatic carbocycles. The smallest absolute Gasteiger partial charge is 0.311 e. The van der Waals surface area contributed by atoms with E-state index in [1.165, 1.54) is 17.0 Å². The van der Waals surface area contributed by atoms with Gasteiger partial charge in [-0.1, -0.05) is 18.3 Å². The highest BCUT2D eigenvalue weighted by Gasteiger charge is 2.57. The van der Waals surface area contributed by atoms with Crippen molar-refractivity contribution < 1.29 is 18.0 Å². The van der Waals surface area contributed by atoms with Crippen molar-refractivity contribution in [1.29, 1.82) is 0 Å². The molecule has 0 N–H and O–H groups in total. The molecule has 3 aliphatic rings. The van der Waals surface area contributed by atoms with Crippen molar-refractivity contribution in [1.82, 2.24) is 4.90 Å². The summed E-state index contributed by atoms with van der Waals surface area (Å²) >= 11 is 5.42. The molecule has 2 unspecified atom stereocenters. The first-order chi connectivity index (χ1) is 10.4. The fraction of sp³-hybridized carbons (Fsp3) is 0.467. The van der Waals surface area contributed by atoms with Gasteiger partial charge < -0.3 is 4.90 Å². The van der Waals surface area contributed by atoms with Crippen molar-refractivity contribution >= 4 is 28.9 Å². The van der Waals surface area contributed by atoms with E-state index in [1.54, 1.807) is 4.90 Å². The number of carbonyl (C=O) groups excluding carboxylic acids is 1. The Morgan fingerprint density at radius 3 is 2.68 bits per heavy atom. The first-order valence-corrected chi connectivity index (χ1v) is 7.62. The summed E-state index contributed by atoms with van der Waals surface area (Å²) in [6.45, 7) is 0. The molecule has 3 atom stereocenters. The molecule has 0 radical (unpaired) electrons. The van der Waals surface area contributed by atoms with Gasteiger partial charge in [-0.15, -0.1) is 0 Å². The van der Waals surface area contributed by atoms with Gasteiger partial charge in [-0.2, -0.15) is 13.2 Å². The van der Waals surface area contributed by atoms with Gasteiger partial charge in [-0.05, 0) is 43.4 Å². The molecule has 4 rings (SSSR count). The van der Waals surface area contributed by atoms with Gasteiger partial charge in [-0.3, -0.25) is 4.90 Å². The number of alkyl halides is 3. The first-order valence-electron chi connectivity index (χ1n) is 7.21. The molecule has 22 heavy (non-hydrogen) atoms. The monoisotopic (exact) mass is 326 g/mol. The molecule has 2 bridgehead atoms. The maximum Gasteiger partial charge on any atom is 0.416 e. The third-order valence-corrected chi connectivity index (χ3v) is 5.33. The molecule has 2 amide bonds. The highest BCUT2D eigenvalue weighted by Crippen LogP contribution is 2.47. The summed E-state index contributed by atoms with van der Waals surface area (Å²) in [5.74, 6) is 0.359. The SMILES string of the molecule is O=C1N(c2cccc(C(F)(F)F)c2)C(=S)[C@H]2C3CCC(C3)N12. The standard InChI is InChI=1S/C15H13F3N2OS/c16-15(17,18)9-2-1-3-10(7-9)20-13(22)12-8-4-5-11(6-8)19(12)14(20)21/h1-3,7-8,11-12H,4-6H2/t8?,11?,12-/m1/s1. The number of urea groups is 1. The van der Waals surface area contributed by atoms with E-state index >= 15 is 0 Å². The minimum Gasteiger partial charge on any atom is -0.311 e. The maximum absolute atomic E-state index is 12.9. The average molecular weight is 326 g/mol. The molecule has 1 aliphatic carbocycles. The Hall–Kier alpha value is -1.63. The summed E-state index contributed by atoms with van der Waals surface area (Å²) < 4.78 is 38.6. The molecule has 116 valence electrons. The van der Waals surface area contributed by atoms with E-state index in [9.17, 15) is 18.0 Å². The summed E-state index contributed by atoms with van der Waals surface area (Å²) in [7, 11) is 0. The lowest BCUT2D eigenvalue weighted by molar-refractivity contribution is -0.137. The zero-order chi connectivity index (χ0) is 15.6. The van der Waals surface area contributed by atoms with Crippen LogP contribution in [-0.4, -0.2) is 28.0 Å². The predicted molar refractivity (Wildman–Crippen MR) is 78.7 cm³/mol. The minimum absolute atomic E-state index is 0.115. The molecule has 7 heteroatoms.